The molecule has 9 nitrogen and oxygen atoms in total. The van der Waals surface area contributed by atoms with E-state index < -0.39 is 0 Å². The van der Waals surface area contributed by atoms with Crippen LogP contribution in [0.3, 0.4) is 0 Å². The van der Waals surface area contributed by atoms with E-state index >= 15 is 0 Å². The van der Waals surface area contributed by atoms with Gasteiger partial charge in [0.15, 0.2) is 0 Å². The molecule has 3 rings (SSSR count). The summed E-state index contributed by atoms with van der Waals surface area (Å²) in [6, 6.07) is 2.59. The number of aromatic nitrogens is 6. The molecule has 0 atom stereocenters. The molecule has 0 bridgehead atoms. The van der Waals surface area contributed by atoms with Crippen molar-refractivity contribution in [2.24, 2.45) is 0 Å². The first-order valence-corrected chi connectivity index (χ1v) is 8.24. The summed E-state index contributed by atoms with van der Waals surface area (Å²) in [6.07, 6.45) is 9.31. The predicted octanol–water partition coefficient (Wildman–Crippen LogP) is 1.55. The molecule has 0 aromatic carbocycles. The van der Waals surface area contributed by atoms with Crippen molar-refractivity contribution in [1.29, 1.82) is 5.26 Å². The van der Waals surface area contributed by atoms with Crippen LogP contribution in [0.15, 0.2) is 12.7 Å². The molecule has 1 N–H and O–H groups in total. The van der Waals surface area contributed by atoms with Gasteiger partial charge in [0.1, 0.15) is 12.7 Å². The Labute approximate surface area is 140 Å². The average molecular weight is 327 g/mol. The van der Waals surface area contributed by atoms with Crippen LogP contribution in [0.2, 0.25) is 0 Å². The zero-order chi connectivity index (χ0) is 16.8. The van der Waals surface area contributed by atoms with Gasteiger partial charge in [-0.15, -0.1) is 0 Å². The summed E-state index contributed by atoms with van der Waals surface area (Å²) in [5, 5.41) is 16.1. The van der Waals surface area contributed by atoms with E-state index in [1.54, 1.807) is 13.4 Å². The van der Waals surface area contributed by atoms with E-state index in [2.05, 4.69) is 41.3 Å². The highest BCUT2D eigenvalue weighted by atomic mass is 15.4. The van der Waals surface area contributed by atoms with Crippen molar-refractivity contribution in [2.75, 3.05) is 23.8 Å². The zero-order valence-corrected chi connectivity index (χ0v) is 13.8. The Kier molecular flexibility index (Phi) is 5.15. The van der Waals surface area contributed by atoms with Gasteiger partial charge in [-0.05, 0) is 12.8 Å². The molecule has 9 heteroatoms. The van der Waals surface area contributed by atoms with Crippen LogP contribution in [0.25, 0.3) is 5.95 Å². The van der Waals surface area contributed by atoms with E-state index in [4.69, 9.17) is 5.26 Å². The molecule has 0 amide bonds. The summed E-state index contributed by atoms with van der Waals surface area (Å²) in [5.74, 6) is 1.48. The van der Waals surface area contributed by atoms with Crippen LogP contribution in [-0.4, -0.2) is 49.4 Å². The quantitative estimate of drug-likeness (QED) is 0.851. The van der Waals surface area contributed by atoms with E-state index in [9.17, 15) is 0 Å². The minimum absolute atomic E-state index is 0.364. The second-order valence-corrected chi connectivity index (χ2v) is 5.74. The van der Waals surface area contributed by atoms with E-state index in [0.717, 1.165) is 12.8 Å². The van der Waals surface area contributed by atoms with Crippen LogP contribution in [0.4, 0.5) is 11.9 Å². The summed E-state index contributed by atoms with van der Waals surface area (Å²) < 4.78 is 1.51. The van der Waals surface area contributed by atoms with Gasteiger partial charge in [-0.1, -0.05) is 19.3 Å². The highest BCUT2D eigenvalue weighted by Crippen LogP contribution is 2.26. The van der Waals surface area contributed by atoms with Gasteiger partial charge in [0.2, 0.25) is 11.9 Å². The number of nitrogens with one attached hydrogen (secondary N) is 1. The largest absolute Gasteiger partial charge is 0.357 e. The second-order valence-electron chi connectivity index (χ2n) is 5.74. The Morgan fingerprint density at radius 2 is 2.12 bits per heavy atom. The maximum atomic E-state index is 9.00. The summed E-state index contributed by atoms with van der Waals surface area (Å²) in [5.41, 5.74) is 0. The van der Waals surface area contributed by atoms with Crippen molar-refractivity contribution in [3.8, 4) is 12.0 Å². The van der Waals surface area contributed by atoms with Gasteiger partial charge in [-0.25, -0.2) is 4.98 Å². The Hall–Kier alpha value is -2.76. The van der Waals surface area contributed by atoms with Crippen LogP contribution in [0.1, 0.15) is 38.5 Å². The van der Waals surface area contributed by atoms with Gasteiger partial charge in [-0.2, -0.15) is 30.0 Å². The summed E-state index contributed by atoms with van der Waals surface area (Å²) >= 11 is 0. The van der Waals surface area contributed by atoms with Crippen LogP contribution in [0.5, 0.6) is 0 Å². The normalized spacial score (nSPS) is 15.0. The molecule has 0 spiro atoms. The molecule has 0 radical (unpaired) electrons. The zero-order valence-electron chi connectivity index (χ0n) is 13.8. The minimum Gasteiger partial charge on any atom is -0.357 e. The number of rotatable bonds is 6. The smallest absolute Gasteiger partial charge is 0.258 e. The lowest BCUT2D eigenvalue weighted by Crippen LogP contribution is -2.39. The Morgan fingerprint density at radius 1 is 1.29 bits per heavy atom. The second kappa shape index (κ2) is 7.68. The van der Waals surface area contributed by atoms with Crippen molar-refractivity contribution >= 4 is 11.9 Å². The molecule has 2 aromatic rings. The molecule has 24 heavy (non-hydrogen) atoms. The van der Waals surface area contributed by atoms with Crippen molar-refractivity contribution in [2.45, 2.75) is 44.6 Å². The van der Waals surface area contributed by atoms with Crippen molar-refractivity contribution in [3.63, 3.8) is 0 Å². The van der Waals surface area contributed by atoms with Crippen molar-refractivity contribution < 1.29 is 0 Å². The van der Waals surface area contributed by atoms with Gasteiger partial charge in [0.25, 0.3) is 5.95 Å². The van der Waals surface area contributed by atoms with Crippen LogP contribution in [0, 0.1) is 11.3 Å². The lowest BCUT2D eigenvalue weighted by Gasteiger charge is -2.34. The van der Waals surface area contributed by atoms with Gasteiger partial charge < -0.3 is 10.2 Å². The molecular weight excluding hydrogens is 306 g/mol. The number of nitriles is 1. The molecule has 1 fully saturated rings. The molecule has 0 saturated heterocycles. The van der Waals surface area contributed by atoms with E-state index in [0.29, 0.717) is 36.9 Å². The fourth-order valence-corrected chi connectivity index (χ4v) is 3.02. The van der Waals surface area contributed by atoms with Gasteiger partial charge >= 0.3 is 0 Å². The monoisotopic (exact) mass is 327 g/mol. The third-order valence-electron chi connectivity index (χ3n) is 4.20. The first-order chi connectivity index (χ1) is 11.8. The molecule has 2 aromatic heterocycles. The Balaban J connectivity index is 1.96. The summed E-state index contributed by atoms with van der Waals surface area (Å²) in [4.78, 5) is 19.5. The lowest BCUT2D eigenvalue weighted by atomic mass is 9.94. The average Bonchev–Trinajstić information content (AvgIpc) is 3.17. The molecule has 1 saturated carbocycles. The van der Waals surface area contributed by atoms with Gasteiger partial charge in [0.05, 0.1) is 12.5 Å². The van der Waals surface area contributed by atoms with Crippen LogP contribution >= 0.6 is 0 Å². The van der Waals surface area contributed by atoms with Crippen LogP contribution < -0.4 is 10.2 Å². The molecule has 126 valence electrons. The molecule has 1 aliphatic carbocycles. The SMILES string of the molecule is CNc1nc(N(CCC#N)C2CCCCC2)nc(-n2cncn2)n1. The number of hydrogen-bond donors (Lipinski definition) is 1. The maximum absolute atomic E-state index is 9.00. The first-order valence-electron chi connectivity index (χ1n) is 8.24. The predicted molar refractivity (Wildman–Crippen MR) is 88.7 cm³/mol. The van der Waals surface area contributed by atoms with E-state index in [-0.39, 0.29) is 0 Å². The first kappa shape index (κ1) is 16.1. The van der Waals surface area contributed by atoms with Gasteiger partial charge in [-0.3, -0.25) is 0 Å². The number of nitrogens with zero attached hydrogens (tertiary/aromatic N) is 8. The van der Waals surface area contributed by atoms with Gasteiger partial charge in [0, 0.05) is 19.6 Å². The molecule has 2 heterocycles. The fraction of sp³-hybridized carbons (Fsp3) is 0.600. The molecular formula is C15H21N9. The topological polar surface area (TPSA) is 108 Å². The highest BCUT2D eigenvalue weighted by molar-refractivity contribution is 5.40. The highest BCUT2D eigenvalue weighted by Gasteiger charge is 2.24. The standard InChI is InChI=1S/C15H21N9/c1-17-13-20-14(22-15(21-13)24-11-18-10-19-24)23(9-5-8-16)12-6-3-2-4-7-12/h10-12H,2-7,9H2,1H3,(H,17,20,21,22). The fourth-order valence-electron chi connectivity index (χ4n) is 3.02. The number of hydrogen-bond acceptors (Lipinski definition) is 8. The number of anilines is 2. The Morgan fingerprint density at radius 3 is 2.79 bits per heavy atom. The summed E-state index contributed by atoms with van der Waals surface area (Å²) in [6.45, 7) is 0.616. The van der Waals surface area contributed by atoms with E-state index in [1.165, 1.54) is 30.3 Å². The van der Waals surface area contributed by atoms with Crippen molar-refractivity contribution in [1.82, 2.24) is 29.7 Å². The lowest BCUT2D eigenvalue weighted by molar-refractivity contribution is 0.411. The molecule has 0 unspecified atom stereocenters. The van der Waals surface area contributed by atoms with E-state index in [1.807, 2.05) is 0 Å². The molecule has 1 aliphatic rings. The van der Waals surface area contributed by atoms with Crippen LogP contribution in [-0.2, 0) is 0 Å². The summed E-state index contributed by atoms with van der Waals surface area (Å²) in [7, 11) is 1.77. The molecule has 0 aliphatic heterocycles. The Bertz CT molecular complexity index is 685. The third kappa shape index (κ3) is 3.59. The maximum Gasteiger partial charge on any atom is 0.258 e. The van der Waals surface area contributed by atoms with Crippen molar-refractivity contribution in [3.05, 3.63) is 12.7 Å². The minimum atomic E-state index is 0.364. The third-order valence-corrected chi connectivity index (χ3v) is 4.20.